The van der Waals surface area contributed by atoms with Gasteiger partial charge in [0.1, 0.15) is 12.4 Å². The van der Waals surface area contributed by atoms with Gasteiger partial charge in [-0.25, -0.2) is 4.99 Å². The summed E-state index contributed by atoms with van der Waals surface area (Å²) in [6.07, 6.45) is 2.54. The summed E-state index contributed by atoms with van der Waals surface area (Å²) in [4.78, 5) is 17.9. The Morgan fingerprint density at radius 3 is 2.43 bits per heavy atom. The zero-order valence-electron chi connectivity index (χ0n) is 20.3. The molecule has 0 unspecified atom stereocenters. The lowest BCUT2D eigenvalue weighted by molar-refractivity contribution is -0.126. The van der Waals surface area contributed by atoms with Crippen molar-refractivity contribution in [3.8, 4) is 23.0 Å². The summed E-state index contributed by atoms with van der Waals surface area (Å²) in [5.41, 5.74) is 0.401. The number of methoxy groups -OCH3 is 3. The van der Waals surface area contributed by atoms with E-state index in [1.165, 1.54) is 7.11 Å². The number of amides is 1. The van der Waals surface area contributed by atoms with Crippen LogP contribution in [0.4, 0.5) is 0 Å². The number of aliphatic hydroxyl groups is 1. The summed E-state index contributed by atoms with van der Waals surface area (Å²) < 4.78 is 27.5. The van der Waals surface area contributed by atoms with Crippen molar-refractivity contribution in [2.24, 2.45) is 4.99 Å². The Balaban J connectivity index is 1.74. The molecule has 2 aromatic rings. The lowest BCUT2D eigenvalue weighted by Gasteiger charge is -2.22. The number of hydrogen-bond acceptors (Lipinski definition) is 8. The van der Waals surface area contributed by atoms with Crippen LogP contribution in [0.1, 0.15) is 24.0 Å². The molecule has 0 saturated carbocycles. The van der Waals surface area contributed by atoms with E-state index in [1.54, 1.807) is 44.6 Å². The van der Waals surface area contributed by atoms with Gasteiger partial charge in [-0.3, -0.25) is 4.79 Å². The van der Waals surface area contributed by atoms with Gasteiger partial charge in [0, 0.05) is 31.6 Å². The fourth-order valence-electron chi connectivity index (χ4n) is 3.68. The van der Waals surface area contributed by atoms with Crippen molar-refractivity contribution in [1.29, 1.82) is 0 Å². The molecule has 1 heterocycles. The van der Waals surface area contributed by atoms with Crippen molar-refractivity contribution >= 4 is 11.8 Å². The van der Waals surface area contributed by atoms with Crippen LogP contribution in [0.25, 0.3) is 0 Å². The number of carbonyl (C=O) groups is 1. The van der Waals surface area contributed by atoms with Gasteiger partial charge < -0.3 is 34.1 Å². The van der Waals surface area contributed by atoms with Crippen molar-refractivity contribution in [3.63, 3.8) is 0 Å². The molecule has 0 saturated heterocycles. The lowest BCUT2D eigenvalue weighted by atomic mass is 9.96. The van der Waals surface area contributed by atoms with Crippen LogP contribution in [-0.4, -0.2) is 63.6 Å². The first-order valence-electron chi connectivity index (χ1n) is 11.2. The van der Waals surface area contributed by atoms with Gasteiger partial charge in [-0.15, -0.1) is 6.58 Å². The van der Waals surface area contributed by atoms with Crippen LogP contribution < -0.4 is 24.3 Å². The number of benzene rings is 2. The summed E-state index contributed by atoms with van der Waals surface area (Å²) >= 11 is 0. The first-order valence-corrected chi connectivity index (χ1v) is 11.2. The van der Waals surface area contributed by atoms with Crippen LogP contribution >= 0.6 is 0 Å². The third kappa shape index (κ3) is 6.05. The summed E-state index contributed by atoms with van der Waals surface area (Å²) in [7, 11) is 4.62. The fraction of sp³-hybridized carbons (Fsp3) is 0.385. The predicted molar refractivity (Wildman–Crippen MR) is 132 cm³/mol. The number of ether oxygens (including phenoxy) is 5. The average Bonchev–Trinajstić information content (AvgIpc) is 3.32. The van der Waals surface area contributed by atoms with Crippen LogP contribution in [0.15, 0.2) is 54.0 Å². The van der Waals surface area contributed by atoms with Gasteiger partial charge in [0.25, 0.3) is 5.91 Å². The van der Waals surface area contributed by atoms with E-state index in [2.05, 4.69) is 16.9 Å². The molecule has 0 fully saturated rings. The smallest absolute Gasteiger partial charge is 0.252 e. The monoisotopic (exact) mass is 484 g/mol. The Labute approximate surface area is 205 Å². The molecule has 9 nitrogen and oxygen atoms in total. The van der Waals surface area contributed by atoms with Crippen molar-refractivity contribution < 1.29 is 33.6 Å². The molecule has 0 aromatic heterocycles. The van der Waals surface area contributed by atoms with Crippen LogP contribution in [0.2, 0.25) is 0 Å². The van der Waals surface area contributed by atoms with E-state index in [4.69, 9.17) is 28.8 Å². The van der Waals surface area contributed by atoms with Gasteiger partial charge in [-0.2, -0.15) is 0 Å². The molecule has 188 valence electrons. The van der Waals surface area contributed by atoms with E-state index >= 15 is 0 Å². The topological polar surface area (TPSA) is 108 Å². The summed E-state index contributed by atoms with van der Waals surface area (Å²) in [6.45, 7) is 4.64. The second-order valence-corrected chi connectivity index (χ2v) is 7.90. The van der Waals surface area contributed by atoms with Crippen LogP contribution in [0.3, 0.4) is 0 Å². The number of nitrogens with one attached hydrogen (secondary N) is 1. The minimum Gasteiger partial charge on any atom is -0.494 e. The summed E-state index contributed by atoms with van der Waals surface area (Å²) in [6, 6.07) is 10.8. The number of aliphatic imine (C=N–C) groups is 1. The highest BCUT2D eigenvalue weighted by atomic mass is 16.5. The van der Waals surface area contributed by atoms with Crippen molar-refractivity contribution in [1.82, 2.24) is 5.32 Å². The molecule has 3 rings (SSSR count). The highest BCUT2D eigenvalue weighted by Crippen LogP contribution is 2.38. The summed E-state index contributed by atoms with van der Waals surface area (Å²) in [5.74, 6) is 2.29. The standard InChI is InChI=1S/C26H32N2O7/c1-5-11-26(17-35-24(28-26)19-7-9-20(10-8-19)34-13-6-12-29)25(30)27-16-18-14-21(31-2)23(33-4)22(15-18)32-3/h5,7-10,14-15,29H,1,6,11-13,16-17H2,2-4H3,(H,27,30)/t26-/m1/s1. The maximum absolute atomic E-state index is 13.3. The molecule has 1 amide bonds. The number of rotatable bonds is 13. The highest BCUT2D eigenvalue weighted by Gasteiger charge is 2.43. The minimum atomic E-state index is -1.12. The van der Waals surface area contributed by atoms with Crippen molar-refractivity contribution in [2.45, 2.75) is 24.9 Å². The molecule has 9 heteroatoms. The molecule has 35 heavy (non-hydrogen) atoms. The van der Waals surface area contributed by atoms with Crippen molar-refractivity contribution in [3.05, 3.63) is 60.2 Å². The zero-order chi connectivity index (χ0) is 25.3. The maximum atomic E-state index is 13.3. The van der Waals surface area contributed by atoms with Gasteiger partial charge in [-0.1, -0.05) is 6.08 Å². The minimum absolute atomic E-state index is 0.0791. The molecular formula is C26H32N2O7. The Bertz CT molecular complexity index is 1030. The van der Waals surface area contributed by atoms with E-state index in [0.717, 1.165) is 11.1 Å². The highest BCUT2D eigenvalue weighted by molar-refractivity contribution is 6.00. The fourth-order valence-corrected chi connectivity index (χ4v) is 3.68. The van der Waals surface area contributed by atoms with Gasteiger partial charge in [0.15, 0.2) is 17.0 Å². The number of carbonyl (C=O) groups excluding carboxylic acids is 1. The van der Waals surface area contributed by atoms with Gasteiger partial charge in [0.2, 0.25) is 11.6 Å². The second-order valence-electron chi connectivity index (χ2n) is 7.90. The quantitative estimate of drug-likeness (QED) is 0.332. The van der Waals surface area contributed by atoms with E-state index in [0.29, 0.717) is 48.3 Å². The van der Waals surface area contributed by atoms with Crippen molar-refractivity contribution in [2.75, 3.05) is 41.2 Å². The van der Waals surface area contributed by atoms with Gasteiger partial charge in [0.05, 0.1) is 27.9 Å². The molecule has 0 aliphatic carbocycles. The normalized spacial score (nSPS) is 16.6. The molecular weight excluding hydrogens is 452 g/mol. The van der Waals surface area contributed by atoms with E-state index in [-0.39, 0.29) is 25.7 Å². The zero-order valence-corrected chi connectivity index (χ0v) is 20.3. The number of hydrogen-bond donors (Lipinski definition) is 2. The molecule has 1 aliphatic heterocycles. The largest absolute Gasteiger partial charge is 0.494 e. The van der Waals surface area contributed by atoms with E-state index in [9.17, 15) is 4.79 Å². The molecule has 1 atom stereocenters. The molecule has 2 aromatic carbocycles. The predicted octanol–water partition coefficient (Wildman–Crippen LogP) is 2.88. The Morgan fingerprint density at radius 2 is 1.86 bits per heavy atom. The average molecular weight is 485 g/mol. The van der Waals surface area contributed by atoms with E-state index < -0.39 is 5.54 Å². The SMILES string of the molecule is C=CC[C@]1(C(=O)NCc2cc(OC)c(OC)c(OC)c2)COC(c2ccc(OCCCO)cc2)=N1. The molecule has 0 bridgehead atoms. The molecule has 0 spiro atoms. The number of nitrogens with zero attached hydrogens (tertiary/aromatic N) is 1. The lowest BCUT2D eigenvalue weighted by Crippen LogP contribution is -2.46. The Morgan fingerprint density at radius 1 is 1.17 bits per heavy atom. The van der Waals surface area contributed by atoms with Crippen LogP contribution in [0.5, 0.6) is 23.0 Å². The number of aliphatic hydroxyl groups excluding tert-OH is 1. The second kappa shape index (κ2) is 12.1. The van der Waals surface area contributed by atoms with Crippen LogP contribution in [0, 0.1) is 0 Å². The molecule has 2 N–H and O–H groups in total. The molecule has 1 aliphatic rings. The molecule has 0 radical (unpaired) electrons. The Kier molecular flexibility index (Phi) is 8.97. The third-order valence-corrected chi connectivity index (χ3v) is 5.52. The van der Waals surface area contributed by atoms with E-state index in [1.807, 2.05) is 12.1 Å². The van der Waals surface area contributed by atoms with Crippen LogP contribution in [-0.2, 0) is 16.1 Å². The third-order valence-electron chi connectivity index (χ3n) is 5.52. The van der Waals surface area contributed by atoms with Gasteiger partial charge in [-0.05, 0) is 42.0 Å². The van der Waals surface area contributed by atoms with Gasteiger partial charge >= 0.3 is 0 Å². The summed E-state index contributed by atoms with van der Waals surface area (Å²) in [5, 5.41) is 11.8. The Hall–Kier alpha value is -3.72. The maximum Gasteiger partial charge on any atom is 0.252 e. The first kappa shape index (κ1) is 25.9. The first-order chi connectivity index (χ1) is 17.0.